The van der Waals surface area contributed by atoms with Gasteiger partial charge in [-0.3, -0.25) is 14.5 Å². The molecule has 92 valence electrons. The van der Waals surface area contributed by atoms with Crippen LogP contribution in [-0.2, 0) is 11.3 Å². The van der Waals surface area contributed by atoms with E-state index in [0.717, 1.165) is 0 Å². The molecule has 18 heavy (non-hydrogen) atoms. The summed E-state index contributed by atoms with van der Waals surface area (Å²) in [4.78, 5) is 26.1. The zero-order valence-electron chi connectivity index (χ0n) is 9.28. The van der Waals surface area contributed by atoms with Crippen LogP contribution in [0.4, 0.5) is 5.69 Å². The zero-order valence-corrected chi connectivity index (χ0v) is 9.28. The van der Waals surface area contributed by atoms with E-state index >= 15 is 0 Å². The summed E-state index contributed by atoms with van der Waals surface area (Å²) >= 11 is 0. The van der Waals surface area contributed by atoms with E-state index in [4.69, 9.17) is 5.11 Å². The van der Waals surface area contributed by atoms with Gasteiger partial charge < -0.3 is 10.4 Å². The first-order chi connectivity index (χ1) is 8.65. The number of nitrogens with one attached hydrogen (secondary N) is 1. The molecule has 0 saturated heterocycles. The third-order valence-corrected chi connectivity index (χ3v) is 2.15. The van der Waals surface area contributed by atoms with Gasteiger partial charge >= 0.3 is 5.97 Å². The Balaban J connectivity index is 1.97. The van der Waals surface area contributed by atoms with E-state index < -0.39 is 5.97 Å². The number of nitrogens with zero attached hydrogens (tertiary/aromatic N) is 3. The number of amides is 1. The molecule has 1 amide bonds. The van der Waals surface area contributed by atoms with E-state index in [-0.39, 0.29) is 18.0 Å². The Labute approximate surface area is 102 Å². The second-order valence-corrected chi connectivity index (χ2v) is 3.52. The maximum atomic E-state index is 11.6. The Morgan fingerprint density at radius 1 is 1.33 bits per heavy atom. The van der Waals surface area contributed by atoms with Crippen molar-refractivity contribution in [3.63, 3.8) is 0 Å². The van der Waals surface area contributed by atoms with Crippen LogP contribution in [0.5, 0.6) is 0 Å². The van der Waals surface area contributed by atoms with Gasteiger partial charge in [-0.15, -0.1) is 0 Å². The molecule has 0 saturated carbocycles. The molecular weight excluding hydrogens is 236 g/mol. The summed E-state index contributed by atoms with van der Waals surface area (Å²) in [5.74, 6) is -1.36. The van der Waals surface area contributed by atoms with Crippen LogP contribution in [0, 0.1) is 0 Å². The smallest absolute Gasteiger partial charge is 0.338 e. The second-order valence-electron chi connectivity index (χ2n) is 3.52. The van der Waals surface area contributed by atoms with E-state index in [0.29, 0.717) is 5.69 Å². The molecule has 0 aliphatic rings. The van der Waals surface area contributed by atoms with Crippen LogP contribution < -0.4 is 5.32 Å². The number of hydrogen-bond donors (Lipinski definition) is 2. The minimum absolute atomic E-state index is 0.0460. The largest absolute Gasteiger partial charge is 0.478 e. The predicted molar refractivity (Wildman–Crippen MR) is 62.1 cm³/mol. The molecule has 0 fully saturated rings. The lowest BCUT2D eigenvalue weighted by Crippen LogP contribution is -2.19. The number of anilines is 1. The van der Waals surface area contributed by atoms with E-state index in [1.165, 1.54) is 17.1 Å². The van der Waals surface area contributed by atoms with Gasteiger partial charge in [-0.1, -0.05) is 0 Å². The molecule has 0 spiro atoms. The van der Waals surface area contributed by atoms with Crippen molar-refractivity contribution in [2.24, 2.45) is 0 Å². The third kappa shape index (κ3) is 2.91. The summed E-state index contributed by atoms with van der Waals surface area (Å²) in [6, 6.07) is 3.31. The summed E-state index contributed by atoms with van der Waals surface area (Å²) in [6.45, 7) is -0.0460. The van der Waals surface area contributed by atoms with Gasteiger partial charge in [0.15, 0.2) is 0 Å². The number of aromatic carboxylic acids is 1. The average Bonchev–Trinajstić information content (AvgIpc) is 2.78. The first-order valence-electron chi connectivity index (χ1n) is 5.11. The first kappa shape index (κ1) is 11.8. The molecule has 2 N–H and O–H groups in total. The van der Waals surface area contributed by atoms with Crippen molar-refractivity contribution in [3.05, 3.63) is 42.5 Å². The maximum absolute atomic E-state index is 11.6. The Morgan fingerprint density at radius 3 is 2.67 bits per heavy atom. The van der Waals surface area contributed by atoms with E-state index in [9.17, 15) is 9.59 Å². The minimum Gasteiger partial charge on any atom is -0.478 e. The average molecular weight is 246 g/mol. The highest BCUT2D eigenvalue weighted by molar-refractivity contribution is 5.90. The van der Waals surface area contributed by atoms with E-state index in [2.05, 4.69) is 15.4 Å². The van der Waals surface area contributed by atoms with Crippen molar-refractivity contribution in [1.29, 1.82) is 0 Å². The molecule has 2 aromatic rings. The van der Waals surface area contributed by atoms with Gasteiger partial charge in [0.05, 0.1) is 11.8 Å². The van der Waals surface area contributed by atoms with E-state index in [1.807, 2.05) is 0 Å². The van der Waals surface area contributed by atoms with Gasteiger partial charge in [0.25, 0.3) is 0 Å². The van der Waals surface area contributed by atoms with Gasteiger partial charge in [-0.2, -0.15) is 5.10 Å². The summed E-state index contributed by atoms with van der Waals surface area (Å²) in [6.07, 6.45) is 5.62. The Bertz CT molecular complexity index is 565. The van der Waals surface area contributed by atoms with Crippen LogP contribution in [0.25, 0.3) is 0 Å². The zero-order chi connectivity index (χ0) is 13.0. The van der Waals surface area contributed by atoms with Crippen molar-refractivity contribution in [1.82, 2.24) is 14.8 Å². The lowest BCUT2D eigenvalue weighted by Gasteiger charge is -2.04. The normalized spacial score (nSPS) is 10.0. The molecule has 0 unspecified atom stereocenters. The van der Waals surface area contributed by atoms with Gasteiger partial charge in [0.2, 0.25) is 5.91 Å². The van der Waals surface area contributed by atoms with E-state index in [1.54, 1.807) is 24.5 Å². The highest BCUT2D eigenvalue weighted by atomic mass is 16.4. The standard InChI is InChI=1S/C11H10N4O3/c16-10(14-9-1-3-12-4-2-9)7-15-6-8(5-13-15)11(17)18/h1-6H,7H2,(H,17,18)(H,12,14,16). The minimum atomic E-state index is -1.07. The monoisotopic (exact) mass is 246 g/mol. The van der Waals surface area contributed by atoms with Crippen molar-refractivity contribution in [2.75, 3.05) is 5.32 Å². The molecule has 0 aromatic carbocycles. The summed E-state index contributed by atoms with van der Waals surface area (Å²) in [7, 11) is 0. The van der Waals surface area contributed by atoms with Crippen LogP contribution in [0.2, 0.25) is 0 Å². The first-order valence-corrected chi connectivity index (χ1v) is 5.11. The molecule has 0 atom stereocenters. The number of rotatable bonds is 4. The molecular formula is C11H10N4O3. The van der Waals surface area contributed by atoms with Crippen molar-refractivity contribution in [2.45, 2.75) is 6.54 Å². The molecule has 0 radical (unpaired) electrons. The highest BCUT2D eigenvalue weighted by Gasteiger charge is 2.08. The summed E-state index contributed by atoms with van der Waals surface area (Å²) in [5.41, 5.74) is 0.673. The summed E-state index contributed by atoms with van der Waals surface area (Å²) in [5, 5.41) is 15.1. The Hall–Kier alpha value is -2.70. The SMILES string of the molecule is O=C(Cn1cc(C(=O)O)cn1)Nc1ccncc1. The number of carbonyl (C=O) groups excluding carboxylic acids is 1. The fourth-order valence-corrected chi connectivity index (χ4v) is 1.34. The van der Waals surface area contributed by atoms with Gasteiger partial charge in [-0.05, 0) is 12.1 Å². The maximum Gasteiger partial charge on any atom is 0.338 e. The number of carboxylic acids is 1. The molecule has 7 heteroatoms. The number of pyridine rings is 1. The van der Waals surface area contributed by atoms with Crippen LogP contribution in [0.3, 0.4) is 0 Å². The predicted octanol–water partition coefficient (Wildman–Crippen LogP) is 0.615. The van der Waals surface area contributed by atoms with Gasteiger partial charge in [0.1, 0.15) is 6.54 Å². The quantitative estimate of drug-likeness (QED) is 0.824. The number of carbonyl (C=O) groups is 2. The van der Waals surface area contributed by atoms with Crippen LogP contribution in [0.15, 0.2) is 36.9 Å². The number of hydrogen-bond acceptors (Lipinski definition) is 4. The third-order valence-electron chi connectivity index (χ3n) is 2.15. The fraction of sp³-hybridized carbons (Fsp3) is 0.0909. The fourth-order valence-electron chi connectivity index (χ4n) is 1.34. The molecule has 0 aliphatic heterocycles. The van der Waals surface area contributed by atoms with Crippen molar-refractivity contribution in [3.8, 4) is 0 Å². The molecule has 2 aromatic heterocycles. The van der Waals surface area contributed by atoms with Crippen LogP contribution >= 0.6 is 0 Å². The lowest BCUT2D eigenvalue weighted by molar-refractivity contribution is -0.116. The second kappa shape index (κ2) is 5.09. The van der Waals surface area contributed by atoms with Crippen LogP contribution in [-0.4, -0.2) is 31.7 Å². The van der Waals surface area contributed by atoms with Crippen molar-refractivity contribution >= 4 is 17.6 Å². The summed E-state index contributed by atoms with van der Waals surface area (Å²) < 4.78 is 1.26. The number of aromatic nitrogens is 3. The highest BCUT2D eigenvalue weighted by Crippen LogP contribution is 2.03. The topological polar surface area (TPSA) is 97.1 Å². The Morgan fingerprint density at radius 2 is 2.06 bits per heavy atom. The molecule has 7 nitrogen and oxygen atoms in total. The molecule has 0 bridgehead atoms. The molecule has 2 heterocycles. The van der Waals surface area contributed by atoms with Crippen molar-refractivity contribution < 1.29 is 14.7 Å². The number of carboxylic acid groups (broad SMARTS) is 1. The van der Waals surface area contributed by atoms with Gasteiger partial charge in [0, 0.05) is 24.3 Å². The van der Waals surface area contributed by atoms with Crippen LogP contribution in [0.1, 0.15) is 10.4 Å². The van der Waals surface area contributed by atoms with Gasteiger partial charge in [-0.25, -0.2) is 4.79 Å². The Kier molecular flexibility index (Phi) is 3.33. The molecule has 2 rings (SSSR count). The molecule has 0 aliphatic carbocycles. The lowest BCUT2D eigenvalue weighted by atomic mass is 10.4.